The monoisotopic (exact) mass is 388 g/mol. The molecule has 1 heterocycles. The lowest BCUT2D eigenvalue weighted by Gasteiger charge is -2.10. The van der Waals surface area contributed by atoms with Crippen LogP contribution in [0.25, 0.3) is 0 Å². The first-order valence-electron chi connectivity index (χ1n) is 8.07. The first kappa shape index (κ1) is 19.2. The molecule has 0 aliphatic carbocycles. The number of hydrogen-bond acceptors (Lipinski definition) is 5. The summed E-state index contributed by atoms with van der Waals surface area (Å²) in [5.74, 6) is 0.328. The lowest BCUT2D eigenvalue weighted by atomic mass is 10.2. The van der Waals surface area contributed by atoms with Crippen LogP contribution in [0.2, 0.25) is 0 Å². The molecule has 2 aromatic carbocycles. The number of carbonyl (C=O) groups is 1. The van der Waals surface area contributed by atoms with E-state index in [4.69, 9.17) is 4.74 Å². The molecule has 0 atom stereocenters. The quantitative estimate of drug-likeness (QED) is 0.673. The second-order valence-electron chi connectivity index (χ2n) is 5.68. The number of halogens is 3. The number of hydrogen-bond donors (Lipinski definition) is 2. The molecular weight excluding hydrogens is 373 g/mol. The maximum atomic E-state index is 12.8. The lowest BCUT2D eigenvalue weighted by molar-refractivity contribution is -0.137. The zero-order valence-corrected chi connectivity index (χ0v) is 14.6. The molecule has 0 spiro atoms. The van der Waals surface area contributed by atoms with Crippen LogP contribution in [0.1, 0.15) is 16.1 Å². The van der Waals surface area contributed by atoms with Crippen LogP contribution in [-0.2, 0) is 6.18 Å². The molecule has 0 bridgehead atoms. The molecular formula is C19H15F3N4O2. The number of alkyl halides is 3. The Morgan fingerprint density at radius 3 is 2.50 bits per heavy atom. The third kappa shape index (κ3) is 4.76. The van der Waals surface area contributed by atoms with Crippen LogP contribution >= 0.6 is 0 Å². The van der Waals surface area contributed by atoms with Gasteiger partial charge in [-0.05, 0) is 30.3 Å². The van der Waals surface area contributed by atoms with E-state index < -0.39 is 17.6 Å². The number of ether oxygens (including phenoxy) is 1. The van der Waals surface area contributed by atoms with Crippen molar-refractivity contribution in [2.24, 2.45) is 0 Å². The molecule has 0 radical (unpaired) electrons. The van der Waals surface area contributed by atoms with Gasteiger partial charge >= 0.3 is 6.18 Å². The summed E-state index contributed by atoms with van der Waals surface area (Å²) in [6.45, 7) is 0. The Morgan fingerprint density at radius 2 is 1.75 bits per heavy atom. The van der Waals surface area contributed by atoms with Crippen LogP contribution in [0, 0.1) is 0 Å². The number of methoxy groups -OCH3 is 1. The number of nitrogens with one attached hydrogen (secondary N) is 2. The fraction of sp³-hybridized carbons (Fsp3) is 0.105. The van der Waals surface area contributed by atoms with Crippen molar-refractivity contribution in [2.75, 3.05) is 17.7 Å². The zero-order valence-electron chi connectivity index (χ0n) is 14.6. The Kier molecular flexibility index (Phi) is 5.44. The van der Waals surface area contributed by atoms with Gasteiger partial charge in [-0.2, -0.15) is 13.2 Å². The molecule has 9 heteroatoms. The molecule has 0 saturated carbocycles. The van der Waals surface area contributed by atoms with Gasteiger partial charge in [0.25, 0.3) is 5.91 Å². The van der Waals surface area contributed by atoms with Crippen molar-refractivity contribution in [3.8, 4) is 5.75 Å². The summed E-state index contributed by atoms with van der Waals surface area (Å²) in [6, 6.07) is 12.8. The smallest absolute Gasteiger partial charge is 0.416 e. The molecule has 0 unspecified atom stereocenters. The average molecular weight is 388 g/mol. The van der Waals surface area contributed by atoms with Gasteiger partial charge < -0.3 is 15.4 Å². The third-order valence-corrected chi connectivity index (χ3v) is 3.69. The summed E-state index contributed by atoms with van der Waals surface area (Å²) in [5.41, 5.74) is -0.158. The average Bonchev–Trinajstić information content (AvgIpc) is 2.68. The van der Waals surface area contributed by atoms with E-state index in [1.807, 2.05) is 0 Å². The third-order valence-electron chi connectivity index (χ3n) is 3.69. The Bertz CT molecular complexity index is 993. The van der Waals surface area contributed by atoms with E-state index in [2.05, 4.69) is 20.6 Å². The molecule has 0 saturated heterocycles. The van der Waals surface area contributed by atoms with Crippen LogP contribution in [0.3, 0.4) is 0 Å². The molecule has 0 fully saturated rings. The molecule has 6 nitrogen and oxygen atoms in total. The largest absolute Gasteiger partial charge is 0.497 e. The summed E-state index contributed by atoms with van der Waals surface area (Å²) in [4.78, 5) is 20.3. The molecule has 28 heavy (non-hydrogen) atoms. The minimum Gasteiger partial charge on any atom is -0.497 e. The van der Waals surface area contributed by atoms with E-state index in [-0.39, 0.29) is 11.4 Å². The normalized spacial score (nSPS) is 11.0. The maximum Gasteiger partial charge on any atom is 0.416 e. The van der Waals surface area contributed by atoms with Gasteiger partial charge in [0.2, 0.25) is 0 Å². The van der Waals surface area contributed by atoms with E-state index in [0.29, 0.717) is 17.3 Å². The molecule has 0 aliphatic heterocycles. The highest BCUT2D eigenvalue weighted by molar-refractivity contribution is 6.03. The summed E-state index contributed by atoms with van der Waals surface area (Å²) >= 11 is 0. The van der Waals surface area contributed by atoms with Gasteiger partial charge in [0.05, 0.1) is 12.7 Å². The van der Waals surface area contributed by atoms with Crippen molar-refractivity contribution in [2.45, 2.75) is 6.18 Å². The van der Waals surface area contributed by atoms with Gasteiger partial charge in [0.1, 0.15) is 23.6 Å². The first-order chi connectivity index (χ1) is 13.3. The lowest BCUT2D eigenvalue weighted by Crippen LogP contribution is -2.15. The molecule has 1 aromatic heterocycles. The van der Waals surface area contributed by atoms with Gasteiger partial charge in [0, 0.05) is 23.5 Å². The van der Waals surface area contributed by atoms with Crippen molar-refractivity contribution < 1.29 is 22.7 Å². The first-order valence-corrected chi connectivity index (χ1v) is 8.07. The fourth-order valence-corrected chi connectivity index (χ4v) is 2.37. The van der Waals surface area contributed by atoms with Crippen LogP contribution < -0.4 is 15.4 Å². The van der Waals surface area contributed by atoms with Crippen LogP contribution in [0.15, 0.2) is 60.9 Å². The second-order valence-corrected chi connectivity index (χ2v) is 5.68. The van der Waals surface area contributed by atoms with Crippen molar-refractivity contribution in [3.05, 3.63) is 72.2 Å². The maximum absolute atomic E-state index is 12.8. The zero-order chi connectivity index (χ0) is 20.1. The molecule has 144 valence electrons. The highest BCUT2D eigenvalue weighted by atomic mass is 19.4. The summed E-state index contributed by atoms with van der Waals surface area (Å²) in [6.07, 6.45) is -3.31. The summed E-state index contributed by atoms with van der Waals surface area (Å²) in [5, 5.41) is 5.41. The number of carbonyl (C=O) groups excluding carboxylic acids is 1. The van der Waals surface area contributed by atoms with Gasteiger partial charge in [-0.15, -0.1) is 0 Å². The molecule has 3 aromatic rings. The van der Waals surface area contributed by atoms with E-state index in [1.165, 1.54) is 24.5 Å². The molecule has 0 aliphatic rings. The summed E-state index contributed by atoms with van der Waals surface area (Å²) in [7, 11) is 1.54. The minimum atomic E-state index is -4.50. The Balaban J connectivity index is 1.75. The number of aromatic nitrogens is 2. The van der Waals surface area contributed by atoms with Crippen LogP contribution in [0.4, 0.5) is 30.4 Å². The predicted octanol–water partition coefficient (Wildman–Crippen LogP) is 4.50. The Labute approximate surface area is 158 Å². The van der Waals surface area contributed by atoms with Gasteiger partial charge in [-0.1, -0.05) is 12.1 Å². The van der Waals surface area contributed by atoms with E-state index in [0.717, 1.165) is 12.1 Å². The number of benzene rings is 2. The highest BCUT2D eigenvalue weighted by Gasteiger charge is 2.30. The van der Waals surface area contributed by atoms with Gasteiger partial charge in [0.15, 0.2) is 0 Å². The number of nitrogens with zero attached hydrogens (tertiary/aromatic N) is 2. The Morgan fingerprint density at radius 1 is 1.00 bits per heavy atom. The van der Waals surface area contributed by atoms with Crippen molar-refractivity contribution in [1.29, 1.82) is 0 Å². The van der Waals surface area contributed by atoms with Crippen LogP contribution in [-0.4, -0.2) is 23.0 Å². The Hall–Kier alpha value is -3.62. The second kappa shape index (κ2) is 7.95. The van der Waals surface area contributed by atoms with Gasteiger partial charge in [-0.3, -0.25) is 4.79 Å². The predicted molar refractivity (Wildman–Crippen MR) is 97.7 cm³/mol. The van der Waals surface area contributed by atoms with Crippen molar-refractivity contribution >= 4 is 23.1 Å². The van der Waals surface area contributed by atoms with Crippen LogP contribution in [0.5, 0.6) is 5.75 Å². The van der Waals surface area contributed by atoms with E-state index in [1.54, 1.807) is 31.4 Å². The number of rotatable bonds is 5. The minimum absolute atomic E-state index is 0.00203. The number of amides is 1. The standard InChI is InChI=1S/C19H15F3N4O2/c1-28-15-7-3-6-14(9-15)25-17-10-16(23-11-24-17)18(27)26-13-5-2-4-12(8-13)19(20,21)22/h2-11H,1H3,(H,26,27)(H,23,24,25). The summed E-state index contributed by atoms with van der Waals surface area (Å²) < 4.78 is 43.5. The van der Waals surface area contributed by atoms with Crippen molar-refractivity contribution in [3.63, 3.8) is 0 Å². The van der Waals surface area contributed by atoms with Crippen molar-refractivity contribution in [1.82, 2.24) is 9.97 Å². The van der Waals surface area contributed by atoms with Gasteiger partial charge in [-0.25, -0.2) is 9.97 Å². The molecule has 2 N–H and O–H groups in total. The van der Waals surface area contributed by atoms with E-state index >= 15 is 0 Å². The number of anilines is 3. The fourth-order valence-electron chi connectivity index (χ4n) is 2.37. The SMILES string of the molecule is COc1cccc(Nc2cc(C(=O)Nc3cccc(C(F)(F)F)c3)ncn2)c1. The topological polar surface area (TPSA) is 76.1 Å². The molecule has 3 rings (SSSR count). The highest BCUT2D eigenvalue weighted by Crippen LogP contribution is 2.30. The van der Waals surface area contributed by atoms with E-state index in [9.17, 15) is 18.0 Å². The molecule has 1 amide bonds.